The standard InChI is InChI=1S/C32H32O3/c33-30-22-21-26(31(30)34-23-25-13-5-1-6-14-25)24-35-32(27-15-7-2-8-16-27,28-17-9-3-10-18-28)29-19-11-4-12-20-29/h1-20,26,30-31,33H,21-24H2/t26-,30-,31-/m1/s1. The molecule has 5 rings (SSSR count). The lowest BCUT2D eigenvalue weighted by Crippen LogP contribution is -2.37. The predicted octanol–water partition coefficient (Wildman–Crippen LogP) is 6.35. The Bertz CT molecular complexity index is 1070. The summed E-state index contributed by atoms with van der Waals surface area (Å²) in [5, 5.41) is 10.7. The molecule has 1 N–H and O–H groups in total. The first-order chi connectivity index (χ1) is 17.3. The summed E-state index contributed by atoms with van der Waals surface area (Å²) < 4.78 is 13.3. The van der Waals surface area contributed by atoms with Crippen molar-refractivity contribution in [3.8, 4) is 0 Å². The molecule has 0 bridgehead atoms. The van der Waals surface area contributed by atoms with Crippen molar-refractivity contribution in [2.24, 2.45) is 5.92 Å². The maximum Gasteiger partial charge on any atom is 0.143 e. The Labute approximate surface area is 208 Å². The van der Waals surface area contributed by atoms with Crippen LogP contribution in [0.5, 0.6) is 0 Å². The van der Waals surface area contributed by atoms with E-state index in [2.05, 4.69) is 84.9 Å². The number of hydrogen-bond acceptors (Lipinski definition) is 3. The summed E-state index contributed by atoms with van der Waals surface area (Å²) in [6.07, 6.45) is 0.861. The second-order valence-corrected chi connectivity index (χ2v) is 9.26. The van der Waals surface area contributed by atoms with Gasteiger partial charge in [0.25, 0.3) is 0 Å². The maximum atomic E-state index is 10.7. The molecule has 0 aromatic heterocycles. The molecule has 1 saturated carbocycles. The van der Waals surface area contributed by atoms with Crippen molar-refractivity contribution >= 4 is 0 Å². The summed E-state index contributed by atoms with van der Waals surface area (Å²) in [6, 6.07) is 41.4. The highest BCUT2D eigenvalue weighted by molar-refractivity contribution is 5.47. The second-order valence-electron chi connectivity index (χ2n) is 9.26. The number of aliphatic hydroxyl groups excluding tert-OH is 1. The average Bonchev–Trinajstić information content (AvgIpc) is 3.29. The zero-order valence-electron chi connectivity index (χ0n) is 19.9. The zero-order valence-corrected chi connectivity index (χ0v) is 19.9. The van der Waals surface area contributed by atoms with E-state index in [0.29, 0.717) is 13.2 Å². The number of rotatable bonds is 9. The molecule has 3 heteroatoms. The van der Waals surface area contributed by atoms with E-state index in [1.165, 1.54) is 0 Å². The third-order valence-corrected chi connectivity index (χ3v) is 7.02. The Kier molecular flexibility index (Phi) is 7.39. The molecule has 0 unspecified atom stereocenters. The van der Waals surface area contributed by atoms with Gasteiger partial charge >= 0.3 is 0 Å². The van der Waals surface area contributed by atoms with E-state index in [4.69, 9.17) is 9.47 Å². The largest absolute Gasteiger partial charge is 0.390 e. The monoisotopic (exact) mass is 464 g/mol. The molecule has 0 heterocycles. The van der Waals surface area contributed by atoms with Gasteiger partial charge < -0.3 is 14.6 Å². The molecule has 4 aromatic carbocycles. The first-order valence-corrected chi connectivity index (χ1v) is 12.4. The zero-order chi connectivity index (χ0) is 23.9. The van der Waals surface area contributed by atoms with Gasteiger partial charge in [-0.25, -0.2) is 0 Å². The molecule has 0 amide bonds. The van der Waals surface area contributed by atoms with Gasteiger partial charge in [-0.3, -0.25) is 0 Å². The summed E-state index contributed by atoms with van der Waals surface area (Å²) in [7, 11) is 0. The third kappa shape index (κ3) is 5.08. The Balaban J connectivity index is 1.46. The Morgan fingerprint density at radius 1 is 0.629 bits per heavy atom. The summed E-state index contributed by atoms with van der Waals surface area (Å²) in [5.74, 6) is 0.101. The van der Waals surface area contributed by atoms with E-state index in [0.717, 1.165) is 35.1 Å². The van der Waals surface area contributed by atoms with Gasteiger partial charge in [0.15, 0.2) is 0 Å². The SMILES string of the molecule is O[C@@H]1CC[C@H](COC(c2ccccc2)(c2ccccc2)c2ccccc2)[C@H]1OCc1ccccc1. The molecular formula is C32H32O3. The molecule has 1 fully saturated rings. The van der Waals surface area contributed by atoms with Crippen LogP contribution in [0.1, 0.15) is 35.1 Å². The van der Waals surface area contributed by atoms with Crippen molar-refractivity contribution in [1.82, 2.24) is 0 Å². The minimum atomic E-state index is -0.763. The number of ether oxygens (including phenoxy) is 2. The van der Waals surface area contributed by atoms with Gasteiger partial charge in [0.2, 0.25) is 0 Å². The summed E-state index contributed by atoms with van der Waals surface area (Å²) >= 11 is 0. The Morgan fingerprint density at radius 3 is 1.57 bits per heavy atom. The molecule has 0 aliphatic heterocycles. The van der Waals surface area contributed by atoms with Crippen LogP contribution in [0, 0.1) is 5.92 Å². The minimum Gasteiger partial charge on any atom is -0.390 e. The molecule has 1 aliphatic rings. The van der Waals surface area contributed by atoms with E-state index in [9.17, 15) is 5.11 Å². The van der Waals surface area contributed by atoms with Crippen molar-refractivity contribution in [1.29, 1.82) is 0 Å². The average molecular weight is 465 g/mol. The molecule has 0 saturated heterocycles. The lowest BCUT2D eigenvalue weighted by atomic mass is 9.80. The Hall–Kier alpha value is -3.24. The van der Waals surface area contributed by atoms with Crippen LogP contribution in [0.25, 0.3) is 0 Å². The molecular weight excluding hydrogens is 432 g/mol. The van der Waals surface area contributed by atoms with Crippen LogP contribution in [-0.2, 0) is 21.7 Å². The van der Waals surface area contributed by atoms with Gasteiger partial charge in [-0.15, -0.1) is 0 Å². The van der Waals surface area contributed by atoms with E-state index in [-0.39, 0.29) is 12.0 Å². The van der Waals surface area contributed by atoms with Gasteiger partial charge in [0.05, 0.1) is 25.4 Å². The second kappa shape index (κ2) is 11.0. The first-order valence-electron chi connectivity index (χ1n) is 12.4. The third-order valence-electron chi connectivity index (χ3n) is 7.02. The summed E-state index contributed by atoms with van der Waals surface area (Å²) in [5.41, 5.74) is 3.59. The molecule has 4 aromatic rings. The van der Waals surface area contributed by atoms with Crippen molar-refractivity contribution in [2.45, 2.75) is 37.3 Å². The van der Waals surface area contributed by atoms with Crippen LogP contribution < -0.4 is 0 Å². The fourth-order valence-corrected chi connectivity index (χ4v) is 5.22. The van der Waals surface area contributed by atoms with Crippen molar-refractivity contribution < 1.29 is 14.6 Å². The molecule has 3 nitrogen and oxygen atoms in total. The number of benzene rings is 4. The molecule has 0 radical (unpaired) electrons. The van der Waals surface area contributed by atoms with E-state index < -0.39 is 11.7 Å². The number of aliphatic hydroxyl groups is 1. The lowest BCUT2D eigenvalue weighted by Gasteiger charge is -2.37. The highest BCUT2D eigenvalue weighted by Gasteiger charge is 2.41. The van der Waals surface area contributed by atoms with Crippen LogP contribution in [0.2, 0.25) is 0 Å². The highest BCUT2D eigenvalue weighted by atomic mass is 16.5. The van der Waals surface area contributed by atoms with Gasteiger partial charge in [0, 0.05) is 5.92 Å². The van der Waals surface area contributed by atoms with Crippen LogP contribution in [0.15, 0.2) is 121 Å². The van der Waals surface area contributed by atoms with E-state index in [1.54, 1.807) is 0 Å². The van der Waals surface area contributed by atoms with Gasteiger partial charge in [-0.05, 0) is 35.1 Å². The van der Waals surface area contributed by atoms with Crippen LogP contribution >= 0.6 is 0 Å². The molecule has 0 spiro atoms. The van der Waals surface area contributed by atoms with E-state index >= 15 is 0 Å². The fourth-order valence-electron chi connectivity index (χ4n) is 5.22. The predicted molar refractivity (Wildman–Crippen MR) is 139 cm³/mol. The van der Waals surface area contributed by atoms with Gasteiger partial charge in [0.1, 0.15) is 5.60 Å². The molecule has 3 atom stereocenters. The van der Waals surface area contributed by atoms with Gasteiger partial charge in [-0.1, -0.05) is 121 Å². The molecule has 35 heavy (non-hydrogen) atoms. The highest BCUT2D eigenvalue weighted by Crippen LogP contribution is 2.42. The quantitative estimate of drug-likeness (QED) is 0.293. The van der Waals surface area contributed by atoms with Crippen molar-refractivity contribution in [3.05, 3.63) is 144 Å². The summed E-state index contributed by atoms with van der Waals surface area (Å²) in [4.78, 5) is 0. The number of hydrogen-bond donors (Lipinski definition) is 1. The van der Waals surface area contributed by atoms with Crippen LogP contribution in [-0.4, -0.2) is 23.9 Å². The van der Waals surface area contributed by atoms with Crippen molar-refractivity contribution in [3.63, 3.8) is 0 Å². The Morgan fingerprint density at radius 2 is 1.09 bits per heavy atom. The van der Waals surface area contributed by atoms with E-state index in [1.807, 2.05) is 36.4 Å². The van der Waals surface area contributed by atoms with Gasteiger partial charge in [-0.2, -0.15) is 0 Å². The smallest absolute Gasteiger partial charge is 0.143 e. The topological polar surface area (TPSA) is 38.7 Å². The van der Waals surface area contributed by atoms with Crippen molar-refractivity contribution in [2.75, 3.05) is 6.61 Å². The first kappa shape index (κ1) is 23.5. The van der Waals surface area contributed by atoms with Crippen LogP contribution in [0.4, 0.5) is 0 Å². The minimum absolute atomic E-state index is 0.101. The molecule has 1 aliphatic carbocycles. The normalized spacial score (nSPS) is 20.1. The fraction of sp³-hybridized carbons (Fsp3) is 0.250. The lowest BCUT2D eigenvalue weighted by molar-refractivity contribution is -0.0828. The maximum absolute atomic E-state index is 10.7. The van der Waals surface area contributed by atoms with Crippen LogP contribution in [0.3, 0.4) is 0 Å². The molecule has 178 valence electrons. The summed E-state index contributed by atoms with van der Waals surface area (Å²) in [6.45, 7) is 0.968.